The molecule has 0 unspecified atom stereocenters. The highest BCUT2D eigenvalue weighted by Crippen LogP contribution is 2.50. The van der Waals surface area contributed by atoms with Crippen molar-refractivity contribution in [2.45, 2.75) is 38.0 Å². The first-order valence-electron chi connectivity index (χ1n) is 6.99. The SMILES string of the molecule is Cc1nc(C2(c3ccccc3)CCC2)sc1CCN. The molecule has 1 saturated carbocycles. The zero-order chi connectivity index (χ0) is 13.3. The number of nitrogens with zero attached hydrogens (tertiary/aromatic N) is 1. The third-order valence-electron chi connectivity index (χ3n) is 4.21. The monoisotopic (exact) mass is 272 g/mol. The molecule has 1 aromatic heterocycles. The molecule has 3 rings (SSSR count). The second-order valence-electron chi connectivity index (χ2n) is 5.37. The van der Waals surface area contributed by atoms with Gasteiger partial charge in [0.05, 0.1) is 5.69 Å². The molecule has 0 spiro atoms. The highest BCUT2D eigenvalue weighted by atomic mass is 32.1. The van der Waals surface area contributed by atoms with Gasteiger partial charge in [-0.25, -0.2) is 4.98 Å². The molecule has 1 aliphatic rings. The van der Waals surface area contributed by atoms with E-state index < -0.39 is 0 Å². The molecule has 1 aromatic carbocycles. The average molecular weight is 272 g/mol. The molecular formula is C16H20N2S. The smallest absolute Gasteiger partial charge is 0.104 e. The Morgan fingerprint density at radius 3 is 2.58 bits per heavy atom. The number of aryl methyl sites for hydroxylation is 1. The number of nitrogens with two attached hydrogens (primary N) is 1. The first kappa shape index (κ1) is 12.8. The average Bonchev–Trinajstić information content (AvgIpc) is 2.72. The van der Waals surface area contributed by atoms with Gasteiger partial charge in [-0.05, 0) is 38.3 Å². The molecule has 2 N–H and O–H groups in total. The number of rotatable bonds is 4. The molecule has 0 radical (unpaired) electrons. The molecule has 2 nitrogen and oxygen atoms in total. The van der Waals surface area contributed by atoms with Gasteiger partial charge in [-0.3, -0.25) is 0 Å². The van der Waals surface area contributed by atoms with Gasteiger partial charge < -0.3 is 5.73 Å². The lowest BCUT2D eigenvalue weighted by Gasteiger charge is -2.40. The fourth-order valence-electron chi connectivity index (χ4n) is 2.91. The van der Waals surface area contributed by atoms with Crippen LogP contribution in [0.4, 0.5) is 0 Å². The molecule has 100 valence electrons. The van der Waals surface area contributed by atoms with Crippen LogP contribution in [0.1, 0.15) is 40.4 Å². The van der Waals surface area contributed by atoms with E-state index in [1.54, 1.807) is 0 Å². The van der Waals surface area contributed by atoms with Crippen molar-refractivity contribution >= 4 is 11.3 Å². The summed E-state index contributed by atoms with van der Waals surface area (Å²) in [5.41, 5.74) is 8.47. The summed E-state index contributed by atoms with van der Waals surface area (Å²) in [7, 11) is 0. The second kappa shape index (κ2) is 5.06. The van der Waals surface area contributed by atoms with Crippen LogP contribution in [0.15, 0.2) is 30.3 Å². The van der Waals surface area contributed by atoms with Crippen LogP contribution in [0.2, 0.25) is 0 Å². The number of hydrogen-bond acceptors (Lipinski definition) is 3. The minimum atomic E-state index is 0.184. The van der Waals surface area contributed by atoms with Gasteiger partial charge in [-0.1, -0.05) is 36.8 Å². The Kier molecular flexibility index (Phi) is 3.42. The van der Waals surface area contributed by atoms with Crippen LogP contribution < -0.4 is 5.73 Å². The summed E-state index contributed by atoms with van der Waals surface area (Å²) in [6, 6.07) is 10.9. The fraction of sp³-hybridized carbons (Fsp3) is 0.438. The maximum atomic E-state index is 5.68. The Morgan fingerprint density at radius 2 is 2.00 bits per heavy atom. The molecular weight excluding hydrogens is 252 g/mol. The zero-order valence-electron chi connectivity index (χ0n) is 11.4. The number of hydrogen-bond donors (Lipinski definition) is 1. The van der Waals surface area contributed by atoms with Gasteiger partial charge in [0.1, 0.15) is 5.01 Å². The van der Waals surface area contributed by atoms with Crippen LogP contribution >= 0.6 is 11.3 Å². The van der Waals surface area contributed by atoms with Crippen molar-refractivity contribution in [2.24, 2.45) is 5.73 Å². The van der Waals surface area contributed by atoms with Crippen molar-refractivity contribution < 1.29 is 0 Å². The number of thiazole rings is 1. The summed E-state index contributed by atoms with van der Waals surface area (Å²) in [5.74, 6) is 0. The first-order chi connectivity index (χ1) is 9.26. The lowest BCUT2D eigenvalue weighted by molar-refractivity contribution is 0.300. The highest BCUT2D eigenvalue weighted by molar-refractivity contribution is 7.12. The Balaban J connectivity index is 2.01. The second-order valence-corrected chi connectivity index (χ2v) is 6.45. The van der Waals surface area contributed by atoms with E-state index in [1.807, 2.05) is 11.3 Å². The van der Waals surface area contributed by atoms with Crippen molar-refractivity contribution in [3.8, 4) is 0 Å². The summed E-state index contributed by atoms with van der Waals surface area (Å²) in [4.78, 5) is 6.22. The van der Waals surface area contributed by atoms with Crippen LogP contribution in [0.5, 0.6) is 0 Å². The maximum Gasteiger partial charge on any atom is 0.104 e. The molecule has 0 bridgehead atoms. The van der Waals surface area contributed by atoms with Gasteiger partial charge in [-0.2, -0.15) is 0 Å². The maximum absolute atomic E-state index is 5.68. The van der Waals surface area contributed by atoms with Crippen LogP contribution in [0.3, 0.4) is 0 Å². The number of benzene rings is 1. The summed E-state index contributed by atoms with van der Waals surface area (Å²) in [5, 5.41) is 1.30. The van der Waals surface area contributed by atoms with Crippen LogP contribution in [-0.2, 0) is 11.8 Å². The van der Waals surface area contributed by atoms with E-state index in [0.29, 0.717) is 6.54 Å². The van der Waals surface area contributed by atoms with E-state index in [2.05, 4.69) is 37.3 Å². The normalized spacial score (nSPS) is 17.2. The van der Waals surface area contributed by atoms with Gasteiger partial charge in [0.2, 0.25) is 0 Å². The van der Waals surface area contributed by atoms with E-state index in [0.717, 1.165) is 6.42 Å². The Bertz CT molecular complexity index is 555. The van der Waals surface area contributed by atoms with Crippen LogP contribution in [-0.4, -0.2) is 11.5 Å². The largest absolute Gasteiger partial charge is 0.330 e. The molecule has 3 heteroatoms. The van der Waals surface area contributed by atoms with Gasteiger partial charge in [0, 0.05) is 10.3 Å². The molecule has 0 atom stereocenters. The van der Waals surface area contributed by atoms with Gasteiger partial charge in [-0.15, -0.1) is 11.3 Å². The fourth-order valence-corrected chi connectivity index (χ4v) is 4.26. The Morgan fingerprint density at radius 1 is 1.26 bits per heavy atom. The summed E-state index contributed by atoms with van der Waals surface area (Å²) >= 11 is 1.87. The zero-order valence-corrected chi connectivity index (χ0v) is 12.2. The summed E-state index contributed by atoms with van der Waals surface area (Å²) < 4.78 is 0. The van der Waals surface area contributed by atoms with Gasteiger partial charge in [0.25, 0.3) is 0 Å². The van der Waals surface area contributed by atoms with Gasteiger partial charge >= 0.3 is 0 Å². The topological polar surface area (TPSA) is 38.9 Å². The van der Waals surface area contributed by atoms with E-state index in [1.165, 1.54) is 40.4 Å². The molecule has 2 aromatic rings. The van der Waals surface area contributed by atoms with Crippen molar-refractivity contribution in [2.75, 3.05) is 6.54 Å². The molecule has 0 amide bonds. The lowest BCUT2D eigenvalue weighted by Crippen LogP contribution is -2.35. The van der Waals surface area contributed by atoms with Crippen molar-refractivity contribution in [1.29, 1.82) is 0 Å². The molecule has 1 heterocycles. The van der Waals surface area contributed by atoms with Crippen LogP contribution in [0, 0.1) is 6.92 Å². The third kappa shape index (κ3) is 2.11. The van der Waals surface area contributed by atoms with E-state index >= 15 is 0 Å². The minimum absolute atomic E-state index is 0.184. The quantitative estimate of drug-likeness (QED) is 0.926. The summed E-state index contributed by atoms with van der Waals surface area (Å²) in [6.07, 6.45) is 4.71. The highest BCUT2D eigenvalue weighted by Gasteiger charge is 2.43. The Labute approximate surface area is 118 Å². The Hall–Kier alpha value is -1.19. The van der Waals surface area contributed by atoms with E-state index in [-0.39, 0.29) is 5.41 Å². The third-order valence-corrected chi connectivity index (χ3v) is 5.63. The van der Waals surface area contributed by atoms with Crippen molar-refractivity contribution in [3.63, 3.8) is 0 Å². The van der Waals surface area contributed by atoms with Crippen molar-refractivity contribution in [3.05, 3.63) is 51.5 Å². The van der Waals surface area contributed by atoms with Crippen LogP contribution in [0.25, 0.3) is 0 Å². The molecule has 1 fully saturated rings. The van der Waals surface area contributed by atoms with Gasteiger partial charge in [0.15, 0.2) is 0 Å². The molecule has 0 aliphatic heterocycles. The summed E-state index contributed by atoms with van der Waals surface area (Å²) in [6.45, 7) is 2.82. The first-order valence-corrected chi connectivity index (χ1v) is 7.80. The predicted molar refractivity (Wildman–Crippen MR) is 80.7 cm³/mol. The minimum Gasteiger partial charge on any atom is -0.330 e. The van der Waals surface area contributed by atoms with Crippen molar-refractivity contribution in [1.82, 2.24) is 4.98 Å². The standard InChI is InChI=1S/C16H20N2S/c1-12-14(8-11-17)19-15(18-12)16(9-5-10-16)13-6-3-2-4-7-13/h2-4,6-7H,5,8-11,17H2,1H3. The van der Waals surface area contributed by atoms with E-state index in [4.69, 9.17) is 10.7 Å². The molecule has 0 saturated heterocycles. The molecule has 1 aliphatic carbocycles. The lowest BCUT2D eigenvalue weighted by atomic mass is 9.65. The molecule has 19 heavy (non-hydrogen) atoms. The predicted octanol–water partition coefficient (Wildman–Crippen LogP) is 3.42. The van der Waals surface area contributed by atoms with E-state index in [9.17, 15) is 0 Å². The number of aromatic nitrogens is 1.